The third-order valence-corrected chi connectivity index (χ3v) is 9.66. The second kappa shape index (κ2) is 11.8. The molecule has 0 amide bonds. The molecule has 0 atom stereocenters. The number of hydrogen-bond acceptors (Lipinski definition) is 0. The lowest BCUT2D eigenvalue weighted by molar-refractivity contribution is 1.57. The van der Waals surface area contributed by atoms with Gasteiger partial charge in [-0.25, -0.2) is 0 Å². The van der Waals surface area contributed by atoms with Gasteiger partial charge in [-0.2, -0.15) is 0 Å². The molecular weight excluding hydrogens is 577 g/mol. The molecule has 0 N–H and O–H groups in total. The molecule has 0 aliphatic rings. The molecule has 0 bridgehead atoms. The van der Waals surface area contributed by atoms with E-state index in [9.17, 15) is 0 Å². The molecule has 0 aromatic heterocycles. The van der Waals surface area contributed by atoms with Gasteiger partial charge in [0.1, 0.15) is 0 Å². The lowest BCUT2D eigenvalue weighted by Crippen LogP contribution is -1.91. The van der Waals surface area contributed by atoms with E-state index in [0.717, 1.165) is 0 Å². The van der Waals surface area contributed by atoms with Crippen molar-refractivity contribution in [3.05, 3.63) is 194 Å². The zero-order chi connectivity index (χ0) is 31.9. The minimum Gasteiger partial charge on any atom is -0.0622 e. The van der Waals surface area contributed by atoms with Crippen molar-refractivity contribution in [3.8, 4) is 55.6 Å². The Kier molecular flexibility index (Phi) is 6.91. The fourth-order valence-electron chi connectivity index (χ4n) is 7.38. The maximum Gasteiger partial charge on any atom is -0.00262 e. The monoisotopic (exact) mass is 608 g/mol. The van der Waals surface area contributed by atoms with Crippen LogP contribution in [0.15, 0.2) is 194 Å². The van der Waals surface area contributed by atoms with Crippen LogP contribution in [0, 0.1) is 0 Å². The second-order valence-electron chi connectivity index (χ2n) is 12.5. The molecule has 48 heavy (non-hydrogen) atoms. The standard InChI is InChI=1S/C48H32/c1-3-13-35(14-4-1)41-17-7-8-18-42(41)36-27-23-33(24-28-36)38-29-25-34-26-30-39(32-40(34)31-38)48-45-21-11-9-19-43(45)47(37-15-5-2-6-16-37)44-20-10-12-22-46(44)48/h1-32H. The first-order valence-corrected chi connectivity index (χ1v) is 16.6. The van der Waals surface area contributed by atoms with Gasteiger partial charge < -0.3 is 0 Å². The molecule has 0 heterocycles. The summed E-state index contributed by atoms with van der Waals surface area (Å²) in [7, 11) is 0. The molecule has 9 rings (SSSR count). The Morgan fingerprint density at radius 2 is 0.583 bits per heavy atom. The van der Waals surface area contributed by atoms with E-state index in [1.54, 1.807) is 0 Å². The lowest BCUT2D eigenvalue weighted by Gasteiger charge is -2.18. The van der Waals surface area contributed by atoms with Crippen molar-refractivity contribution < 1.29 is 0 Å². The Balaban J connectivity index is 1.15. The predicted molar refractivity (Wildman–Crippen MR) is 206 cm³/mol. The molecule has 0 unspecified atom stereocenters. The lowest BCUT2D eigenvalue weighted by atomic mass is 9.85. The molecule has 0 nitrogen and oxygen atoms in total. The molecule has 224 valence electrons. The first-order chi connectivity index (χ1) is 23.8. The highest BCUT2D eigenvalue weighted by Crippen LogP contribution is 2.44. The molecule has 9 aromatic rings. The number of benzene rings is 9. The van der Waals surface area contributed by atoms with Crippen LogP contribution in [0.2, 0.25) is 0 Å². The zero-order valence-corrected chi connectivity index (χ0v) is 26.5. The Morgan fingerprint density at radius 1 is 0.208 bits per heavy atom. The summed E-state index contributed by atoms with van der Waals surface area (Å²) in [6.07, 6.45) is 0. The van der Waals surface area contributed by atoms with Crippen LogP contribution in [0.4, 0.5) is 0 Å². The van der Waals surface area contributed by atoms with Gasteiger partial charge in [0.15, 0.2) is 0 Å². The molecule has 0 saturated heterocycles. The predicted octanol–water partition coefficient (Wildman–Crippen LogP) is 13.5. The van der Waals surface area contributed by atoms with Gasteiger partial charge in [-0.3, -0.25) is 0 Å². The van der Waals surface area contributed by atoms with Crippen LogP contribution >= 0.6 is 0 Å². The molecule has 0 aliphatic carbocycles. The first-order valence-electron chi connectivity index (χ1n) is 16.6. The van der Waals surface area contributed by atoms with E-state index < -0.39 is 0 Å². The third-order valence-electron chi connectivity index (χ3n) is 9.66. The van der Waals surface area contributed by atoms with E-state index in [-0.39, 0.29) is 0 Å². The van der Waals surface area contributed by atoms with Gasteiger partial charge in [0, 0.05) is 0 Å². The molecular formula is C48H32. The quantitative estimate of drug-likeness (QED) is 0.171. The highest BCUT2D eigenvalue weighted by atomic mass is 14.2. The van der Waals surface area contributed by atoms with Gasteiger partial charge >= 0.3 is 0 Å². The first kappa shape index (κ1) is 28.0. The molecule has 0 heteroatoms. The number of rotatable bonds is 5. The summed E-state index contributed by atoms with van der Waals surface area (Å²) in [4.78, 5) is 0. The molecule has 0 spiro atoms. The van der Waals surface area contributed by atoms with Crippen LogP contribution in [0.25, 0.3) is 88.0 Å². The Hall–Kier alpha value is -6.24. The maximum atomic E-state index is 2.37. The molecule has 0 radical (unpaired) electrons. The topological polar surface area (TPSA) is 0 Å². The van der Waals surface area contributed by atoms with Crippen molar-refractivity contribution in [1.82, 2.24) is 0 Å². The van der Waals surface area contributed by atoms with Gasteiger partial charge in [-0.05, 0) is 100 Å². The summed E-state index contributed by atoms with van der Waals surface area (Å²) in [6.45, 7) is 0. The highest BCUT2D eigenvalue weighted by molar-refractivity contribution is 6.21. The summed E-state index contributed by atoms with van der Waals surface area (Å²) >= 11 is 0. The van der Waals surface area contributed by atoms with Crippen LogP contribution in [-0.4, -0.2) is 0 Å². The smallest absolute Gasteiger partial charge is 0.00262 e. The average molecular weight is 609 g/mol. The molecule has 0 saturated carbocycles. The molecule has 0 fully saturated rings. The number of fused-ring (bicyclic) bond motifs is 3. The van der Waals surface area contributed by atoms with E-state index in [2.05, 4.69) is 194 Å². The highest BCUT2D eigenvalue weighted by Gasteiger charge is 2.16. The third kappa shape index (κ3) is 4.87. The van der Waals surface area contributed by atoms with Crippen molar-refractivity contribution in [3.63, 3.8) is 0 Å². The van der Waals surface area contributed by atoms with Crippen molar-refractivity contribution in [2.45, 2.75) is 0 Å². The van der Waals surface area contributed by atoms with Crippen LogP contribution in [0.5, 0.6) is 0 Å². The van der Waals surface area contributed by atoms with Crippen molar-refractivity contribution in [2.24, 2.45) is 0 Å². The van der Waals surface area contributed by atoms with Crippen LogP contribution in [-0.2, 0) is 0 Å². The normalized spacial score (nSPS) is 11.3. The fraction of sp³-hybridized carbons (Fsp3) is 0. The van der Waals surface area contributed by atoms with Gasteiger partial charge in [0.05, 0.1) is 0 Å². The number of hydrogen-bond donors (Lipinski definition) is 0. The summed E-state index contributed by atoms with van der Waals surface area (Å²) < 4.78 is 0. The Bertz CT molecular complexity index is 2520. The molecule has 0 aliphatic heterocycles. The van der Waals surface area contributed by atoms with Gasteiger partial charge in [-0.1, -0.05) is 182 Å². The SMILES string of the molecule is c1ccc(-c2ccccc2-c2ccc(-c3ccc4ccc(-c5c6ccccc6c(-c6ccccc6)c6ccccc56)cc4c3)cc2)cc1. The van der Waals surface area contributed by atoms with Crippen LogP contribution < -0.4 is 0 Å². The summed E-state index contributed by atoms with van der Waals surface area (Å²) in [6, 6.07) is 70.6. The summed E-state index contributed by atoms with van der Waals surface area (Å²) in [5, 5.41) is 7.59. The maximum absolute atomic E-state index is 2.37. The van der Waals surface area contributed by atoms with Gasteiger partial charge in [0.25, 0.3) is 0 Å². The van der Waals surface area contributed by atoms with E-state index in [1.165, 1.54) is 88.0 Å². The Morgan fingerprint density at radius 3 is 1.15 bits per heavy atom. The van der Waals surface area contributed by atoms with Crippen LogP contribution in [0.1, 0.15) is 0 Å². The van der Waals surface area contributed by atoms with E-state index >= 15 is 0 Å². The Labute approximate surface area is 281 Å². The van der Waals surface area contributed by atoms with E-state index in [0.29, 0.717) is 0 Å². The fourth-order valence-corrected chi connectivity index (χ4v) is 7.38. The van der Waals surface area contributed by atoms with E-state index in [4.69, 9.17) is 0 Å². The average Bonchev–Trinajstić information content (AvgIpc) is 3.17. The largest absolute Gasteiger partial charge is 0.0622 e. The van der Waals surface area contributed by atoms with Gasteiger partial charge in [0.2, 0.25) is 0 Å². The molecule has 9 aromatic carbocycles. The van der Waals surface area contributed by atoms with Gasteiger partial charge in [-0.15, -0.1) is 0 Å². The summed E-state index contributed by atoms with van der Waals surface area (Å²) in [5.41, 5.74) is 12.4. The minimum absolute atomic E-state index is 1.21. The zero-order valence-electron chi connectivity index (χ0n) is 26.5. The minimum atomic E-state index is 1.21. The summed E-state index contributed by atoms with van der Waals surface area (Å²) in [5.74, 6) is 0. The van der Waals surface area contributed by atoms with E-state index in [1.807, 2.05) is 0 Å². The van der Waals surface area contributed by atoms with Crippen molar-refractivity contribution in [2.75, 3.05) is 0 Å². The second-order valence-corrected chi connectivity index (χ2v) is 12.5. The van der Waals surface area contributed by atoms with Crippen molar-refractivity contribution in [1.29, 1.82) is 0 Å². The van der Waals surface area contributed by atoms with Crippen LogP contribution in [0.3, 0.4) is 0 Å². The van der Waals surface area contributed by atoms with Crippen molar-refractivity contribution >= 4 is 32.3 Å².